The first-order valence-corrected chi connectivity index (χ1v) is 9.95. The lowest BCUT2D eigenvalue weighted by Crippen LogP contribution is -2.16. The topological polar surface area (TPSA) is 41.5 Å². The van der Waals surface area contributed by atoms with Gasteiger partial charge in [-0.1, -0.05) is 44.5 Å². The number of hydrazone groups is 1. The number of thiophene rings is 2. The van der Waals surface area contributed by atoms with Gasteiger partial charge in [0, 0.05) is 15.0 Å². The van der Waals surface area contributed by atoms with E-state index in [0.717, 1.165) is 20.5 Å². The maximum Gasteiger partial charge on any atom is 0.283 e. The number of hydrogen-bond donors (Lipinski definition) is 1. The zero-order valence-corrected chi connectivity index (χ0v) is 16.9. The van der Waals surface area contributed by atoms with E-state index in [2.05, 4.69) is 43.4 Å². The number of nitrogens with zero attached hydrogens (tertiary/aromatic N) is 1. The smallest absolute Gasteiger partial charge is 0.266 e. The van der Waals surface area contributed by atoms with E-state index >= 15 is 0 Å². The number of benzene rings is 1. The molecule has 3 nitrogen and oxygen atoms in total. The van der Waals surface area contributed by atoms with E-state index in [0.29, 0.717) is 9.90 Å². The van der Waals surface area contributed by atoms with Gasteiger partial charge in [-0.15, -0.1) is 22.7 Å². The zero-order chi connectivity index (χ0) is 18.2. The van der Waals surface area contributed by atoms with Gasteiger partial charge in [0.25, 0.3) is 5.91 Å². The fraction of sp³-hybridized carbons (Fsp3) is 0.263. The fourth-order valence-electron chi connectivity index (χ4n) is 2.39. The zero-order valence-electron chi connectivity index (χ0n) is 14.5. The molecular weight excluding hydrogens is 372 g/mol. The molecule has 0 saturated heterocycles. The predicted octanol–water partition coefficient (Wildman–Crippen LogP) is 5.99. The molecule has 0 radical (unpaired) electrons. The Labute approximate surface area is 160 Å². The van der Waals surface area contributed by atoms with Crippen molar-refractivity contribution in [1.29, 1.82) is 0 Å². The number of halogens is 1. The highest BCUT2D eigenvalue weighted by Crippen LogP contribution is 2.37. The highest BCUT2D eigenvalue weighted by molar-refractivity contribution is 7.21. The Hall–Kier alpha value is -1.69. The monoisotopic (exact) mass is 390 g/mol. The van der Waals surface area contributed by atoms with E-state index in [9.17, 15) is 4.79 Å². The molecule has 2 heterocycles. The Morgan fingerprint density at radius 2 is 2.04 bits per heavy atom. The summed E-state index contributed by atoms with van der Waals surface area (Å²) >= 11 is 9.40. The first kappa shape index (κ1) is 18.1. The molecule has 0 aliphatic carbocycles. The number of nitrogens with one attached hydrogen (secondary N) is 1. The molecule has 3 rings (SSSR count). The number of aryl methyl sites for hydroxylation is 1. The molecule has 0 atom stereocenters. The van der Waals surface area contributed by atoms with Crippen LogP contribution in [-0.2, 0) is 5.41 Å². The molecule has 0 fully saturated rings. The summed E-state index contributed by atoms with van der Waals surface area (Å²) in [6, 6.07) is 8.19. The van der Waals surface area contributed by atoms with Crippen molar-refractivity contribution < 1.29 is 4.79 Å². The van der Waals surface area contributed by atoms with Crippen LogP contribution in [0, 0.1) is 6.92 Å². The minimum absolute atomic E-state index is 0.0515. The van der Waals surface area contributed by atoms with Gasteiger partial charge in [-0.05, 0) is 41.0 Å². The molecule has 1 aromatic carbocycles. The van der Waals surface area contributed by atoms with Gasteiger partial charge >= 0.3 is 0 Å². The van der Waals surface area contributed by atoms with Crippen molar-refractivity contribution in [3.8, 4) is 0 Å². The third-order valence-electron chi connectivity index (χ3n) is 3.95. The molecule has 0 spiro atoms. The molecule has 6 heteroatoms. The van der Waals surface area contributed by atoms with Crippen molar-refractivity contribution in [2.24, 2.45) is 5.10 Å². The van der Waals surface area contributed by atoms with Crippen LogP contribution >= 0.6 is 34.3 Å². The highest BCUT2D eigenvalue weighted by atomic mass is 35.5. The summed E-state index contributed by atoms with van der Waals surface area (Å²) in [5.41, 5.74) is 4.98. The summed E-state index contributed by atoms with van der Waals surface area (Å²) < 4.78 is 1.01. The normalized spacial score (nSPS) is 12.2. The maximum absolute atomic E-state index is 12.4. The standard InChI is InChI=1S/C19H19ClN2OS2/c1-11-7-8-24-15(11)10-21-22-18(23)17-16(20)13-6-5-12(19(2,3)4)9-14(13)25-17/h5-10H,1-4H3,(H,22,23). The predicted molar refractivity (Wildman–Crippen MR) is 110 cm³/mol. The summed E-state index contributed by atoms with van der Waals surface area (Å²) in [4.78, 5) is 13.9. The molecule has 1 N–H and O–H groups in total. The molecule has 1 amide bonds. The van der Waals surface area contributed by atoms with Crippen LogP contribution in [0.2, 0.25) is 5.02 Å². The van der Waals surface area contributed by atoms with Crippen LogP contribution < -0.4 is 5.43 Å². The Morgan fingerprint density at radius 1 is 1.28 bits per heavy atom. The van der Waals surface area contributed by atoms with Crippen molar-refractivity contribution in [2.45, 2.75) is 33.1 Å². The molecule has 0 unspecified atom stereocenters. The van der Waals surface area contributed by atoms with Gasteiger partial charge in [0.1, 0.15) is 4.88 Å². The summed E-state index contributed by atoms with van der Waals surface area (Å²) in [6.45, 7) is 8.50. The van der Waals surface area contributed by atoms with Crippen molar-refractivity contribution >= 4 is 56.5 Å². The average molecular weight is 391 g/mol. The second-order valence-electron chi connectivity index (χ2n) is 6.87. The Kier molecular flexibility index (Phi) is 5.00. The first-order valence-electron chi connectivity index (χ1n) is 7.87. The Balaban J connectivity index is 1.85. The molecular formula is C19H19ClN2OS2. The third-order valence-corrected chi connectivity index (χ3v) is 6.56. The maximum atomic E-state index is 12.4. The SMILES string of the molecule is Cc1ccsc1C=NNC(=O)c1sc2cc(C(C)(C)C)ccc2c1Cl. The van der Waals surface area contributed by atoms with E-state index in [-0.39, 0.29) is 11.3 Å². The second-order valence-corrected chi connectivity index (χ2v) is 9.25. The average Bonchev–Trinajstić information content (AvgIpc) is 3.10. The largest absolute Gasteiger partial charge is 0.283 e. The van der Waals surface area contributed by atoms with Gasteiger partial charge in [0.05, 0.1) is 11.2 Å². The lowest BCUT2D eigenvalue weighted by atomic mass is 9.87. The summed E-state index contributed by atoms with van der Waals surface area (Å²) in [5.74, 6) is -0.283. The van der Waals surface area contributed by atoms with Crippen molar-refractivity contribution in [3.63, 3.8) is 0 Å². The Morgan fingerprint density at radius 3 is 2.68 bits per heavy atom. The van der Waals surface area contributed by atoms with Crippen LogP contribution in [0.5, 0.6) is 0 Å². The third kappa shape index (κ3) is 3.78. The number of fused-ring (bicyclic) bond motifs is 1. The van der Waals surface area contributed by atoms with Crippen molar-refractivity contribution in [2.75, 3.05) is 0 Å². The van der Waals surface area contributed by atoms with E-state index < -0.39 is 0 Å². The molecule has 130 valence electrons. The number of carbonyl (C=O) groups is 1. The van der Waals surface area contributed by atoms with Gasteiger partial charge in [-0.25, -0.2) is 5.43 Å². The van der Waals surface area contributed by atoms with Gasteiger partial charge in [0.15, 0.2) is 0 Å². The highest BCUT2D eigenvalue weighted by Gasteiger charge is 2.19. The van der Waals surface area contributed by atoms with Gasteiger partial charge in [0.2, 0.25) is 0 Å². The van der Waals surface area contributed by atoms with Gasteiger partial charge in [-0.2, -0.15) is 5.10 Å². The lowest BCUT2D eigenvalue weighted by molar-refractivity contribution is 0.0959. The number of carbonyl (C=O) groups excluding carboxylic acids is 1. The molecule has 0 saturated carbocycles. The Bertz CT molecular complexity index is 964. The van der Waals surface area contributed by atoms with Crippen molar-refractivity contribution in [1.82, 2.24) is 5.43 Å². The fourth-order valence-corrected chi connectivity index (χ4v) is 4.63. The van der Waals surface area contributed by atoms with Crippen molar-refractivity contribution in [3.05, 3.63) is 55.5 Å². The van der Waals surface area contributed by atoms with Gasteiger partial charge < -0.3 is 0 Å². The van der Waals surface area contributed by atoms with E-state index in [4.69, 9.17) is 11.6 Å². The summed E-state index contributed by atoms with van der Waals surface area (Å²) in [5, 5.41) is 7.44. The van der Waals surface area contributed by atoms with E-state index in [1.165, 1.54) is 16.9 Å². The van der Waals surface area contributed by atoms with Crippen LogP contribution in [0.25, 0.3) is 10.1 Å². The molecule has 0 aliphatic heterocycles. The minimum atomic E-state index is -0.283. The summed E-state index contributed by atoms with van der Waals surface area (Å²) in [6.07, 6.45) is 1.66. The number of amides is 1. The number of hydrogen-bond acceptors (Lipinski definition) is 4. The van der Waals surface area contributed by atoms with E-state index in [1.807, 2.05) is 24.4 Å². The lowest BCUT2D eigenvalue weighted by Gasteiger charge is -2.18. The van der Waals surface area contributed by atoms with E-state index in [1.54, 1.807) is 17.6 Å². The van der Waals surface area contributed by atoms with Crippen LogP contribution in [0.3, 0.4) is 0 Å². The molecule has 3 aromatic rings. The quantitative estimate of drug-likeness (QED) is 0.433. The first-order chi connectivity index (χ1) is 11.8. The number of rotatable bonds is 3. The molecule has 25 heavy (non-hydrogen) atoms. The molecule has 0 bridgehead atoms. The second kappa shape index (κ2) is 6.90. The minimum Gasteiger partial charge on any atom is -0.266 e. The van der Waals surface area contributed by atoms with Crippen LogP contribution in [0.4, 0.5) is 0 Å². The summed E-state index contributed by atoms with van der Waals surface area (Å²) in [7, 11) is 0. The van der Waals surface area contributed by atoms with Gasteiger partial charge in [-0.3, -0.25) is 4.79 Å². The van der Waals surface area contributed by atoms with Crippen LogP contribution in [0.1, 0.15) is 46.4 Å². The van der Waals surface area contributed by atoms with Crippen LogP contribution in [0.15, 0.2) is 34.7 Å². The molecule has 0 aliphatic rings. The van der Waals surface area contributed by atoms with Crippen LogP contribution in [-0.4, -0.2) is 12.1 Å². The molecule has 2 aromatic heterocycles.